The predicted molar refractivity (Wildman–Crippen MR) is 70.1 cm³/mol. The van der Waals surface area contributed by atoms with Gasteiger partial charge in [-0.1, -0.05) is 20.8 Å². The molecule has 5 heteroatoms. The number of nitrogens with two attached hydrogens (primary N) is 1. The summed E-state index contributed by atoms with van der Waals surface area (Å²) in [5, 5.41) is 12.2. The van der Waals surface area contributed by atoms with E-state index in [1.165, 1.54) is 0 Å². The van der Waals surface area contributed by atoms with E-state index >= 15 is 0 Å². The Hall–Kier alpha value is -1.36. The van der Waals surface area contributed by atoms with Gasteiger partial charge in [-0.3, -0.25) is 0 Å². The van der Waals surface area contributed by atoms with E-state index in [1.807, 2.05) is 34.6 Å². The summed E-state index contributed by atoms with van der Waals surface area (Å²) in [6.45, 7) is 9.92. The molecule has 1 aromatic heterocycles. The normalized spacial score (nSPS) is 13.5. The molecule has 0 fully saturated rings. The standard InChI is InChI=1S/C12H22N4O/c1-7(6-17)14-10-8(2)9(13)15-11(16-10)12(3,4)5/h7,17H,6H2,1-5H3,(H3,13,14,15,16). The van der Waals surface area contributed by atoms with Crippen molar-refractivity contribution in [3.05, 3.63) is 11.4 Å². The molecule has 0 radical (unpaired) electrons. The molecule has 96 valence electrons. The summed E-state index contributed by atoms with van der Waals surface area (Å²) in [5.41, 5.74) is 6.55. The number of hydrogen-bond acceptors (Lipinski definition) is 5. The third-order valence-electron chi connectivity index (χ3n) is 2.51. The highest BCUT2D eigenvalue weighted by molar-refractivity contribution is 5.55. The molecule has 0 aliphatic rings. The van der Waals surface area contributed by atoms with Crippen molar-refractivity contribution in [2.75, 3.05) is 17.7 Å². The molecule has 0 saturated heterocycles. The smallest absolute Gasteiger partial charge is 0.138 e. The van der Waals surface area contributed by atoms with Gasteiger partial charge in [0.05, 0.1) is 6.61 Å². The Morgan fingerprint density at radius 1 is 1.35 bits per heavy atom. The van der Waals surface area contributed by atoms with Crippen LogP contribution in [0, 0.1) is 6.92 Å². The number of aliphatic hydroxyl groups excluding tert-OH is 1. The minimum absolute atomic E-state index is 0.0498. The molecule has 0 aromatic carbocycles. The van der Waals surface area contributed by atoms with Gasteiger partial charge in [0.2, 0.25) is 0 Å². The first kappa shape index (κ1) is 13.7. The molecule has 0 saturated carbocycles. The third-order valence-corrected chi connectivity index (χ3v) is 2.51. The van der Waals surface area contributed by atoms with Gasteiger partial charge < -0.3 is 16.2 Å². The van der Waals surface area contributed by atoms with Crippen molar-refractivity contribution >= 4 is 11.6 Å². The second-order valence-electron chi connectivity index (χ2n) is 5.38. The van der Waals surface area contributed by atoms with Gasteiger partial charge in [0, 0.05) is 17.0 Å². The Morgan fingerprint density at radius 2 is 1.94 bits per heavy atom. The van der Waals surface area contributed by atoms with Gasteiger partial charge in [-0.25, -0.2) is 9.97 Å². The highest BCUT2D eigenvalue weighted by atomic mass is 16.3. The summed E-state index contributed by atoms with van der Waals surface area (Å²) in [7, 11) is 0. The monoisotopic (exact) mass is 238 g/mol. The number of nitrogen functional groups attached to an aromatic ring is 1. The predicted octanol–water partition coefficient (Wildman–Crippen LogP) is 1.46. The number of aromatic nitrogens is 2. The second kappa shape index (κ2) is 4.87. The van der Waals surface area contributed by atoms with Gasteiger partial charge in [-0.2, -0.15) is 0 Å². The molecule has 0 amide bonds. The van der Waals surface area contributed by atoms with E-state index in [2.05, 4.69) is 15.3 Å². The van der Waals surface area contributed by atoms with Crippen molar-refractivity contribution in [1.29, 1.82) is 0 Å². The molecule has 1 aromatic rings. The minimum Gasteiger partial charge on any atom is -0.394 e. The minimum atomic E-state index is -0.152. The molecular formula is C12H22N4O. The summed E-state index contributed by atoms with van der Waals surface area (Å²) in [5.74, 6) is 1.88. The van der Waals surface area contributed by atoms with Crippen LogP contribution in [0.3, 0.4) is 0 Å². The Labute approximate surface area is 102 Å². The Balaban J connectivity index is 3.16. The van der Waals surface area contributed by atoms with Gasteiger partial charge >= 0.3 is 0 Å². The van der Waals surface area contributed by atoms with Gasteiger partial charge in [0.1, 0.15) is 17.5 Å². The summed E-state index contributed by atoms with van der Waals surface area (Å²) in [4.78, 5) is 8.78. The highest BCUT2D eigenvalue weighted by Crippen LogP contribution is 2.24. The van der Waals surface area contributed by atoms with E-state index in [4.69, 9.17) is 10.8 Å². The molecule has 0 spiro atoms. The molecule has 5 nitrogen and oxygen atoms in total. The summed E-state index contributed by atoms with van der Waals surface area (Å²) < 4.78 is 0. The Kier molecular flexibility index (Phi) is 3.93. The zero-order chi connectivity index (χ0) is 13.2. The van der Waals surface area contributed by atoms with Crippen LogP contribution < -0.4 is 11.1 Å². The molecule has 1 rings (SSSR count). The lowest BCUT2D eigenvalue weighted by atomic mass is 9.95. The molecule has 1 heterocycles. The summed E-state index contributed by atoms with van der Waals surface area (Å²) in [6, 6.07) is -0.0594. The van der Waals surface area contributed by atoms with E-state index < -0.39 is 0 Å². The molecule has 0 bridgehead atoms. The summed E-state index contributed by atoms with van der Waals surface area (Å²) in [6.07, 6.45) is 0. The zero-order valence-electron chi connectivity index (χ0n) is 11.2. The number of rotatable bonds is 3. The average molecular weight is 238 g/mol. The van der Waals surface area contributed by atoms with Crippen molar-refractivity contribution in [2.45, 2.75) is 46.1 Å². The van der Waals surface area contributed by atoms with Crippen LogP contribution in [0.15, 0.2) is 0 Å². The van der Waals surface area contributed by atoms with E-state index in [0.717, 1.165) is 5.56 Å². The lowest BCUT2D eigenvalue weighted by Gasteiger charge is -2.21. The average Bonchev–Trinajstić information content (AvgIpc) is 2.22. The maximum atomic E-state index is 9.05. The fraction of sp³-hybridized carbons (Fsp3) is 0.667. The molecule has 0 aliphatic carbocycles. The lowest BCUT2D eigenvalue weighted by Crippen LogP contribution is -2.24. The van der Waals surface area contributed by atoms with Crippen molar-refractivity contribution in [1.82, 2.24) is 9.97 Å². The van der Waals surface area contributed by atoms with E-state index in [0.29, 0.717) is 17.5 Å². The SMILES string of the molecule is Cc1c(N)nc(C(C)(C)C)nc1NC(C)CO. The largest absolute Gasteiger partial charge is 0.394 e. The Bertz CT molecular complexity index is 398. The zero-order valence-corrected chi connectivity index (χ0v) is 11.2. The topological polar surface area (TPSA) is 84.1 Å². The quantitative estimate of drug-likeness (QED) is 0.742. The molecule has 1 atom stereocenters. The van der Waals surface area contributed by atoms with Crippen molar-refractivity contribution in [3.8, 4) is 0 Å². The van der Waals surface area contributed by atoms with E-state index in [-0.39, 0.29) is 18.1 Å². The van der Waals surface area contributed by atoms with Crippen LogP contribution in [0.25, 0.3) is 0 Å². The van der Waals surface area contributed by atoms with Crippen LogP contribution in [0.5, 0.6) is 0 Å². The number of anilines is 2. The Morgan fingerprint density at radius 3 is 2.41 bits per heavy atom. The van der Waals surface area contributed by atoms with E-state index in [1.54, 1.807) is 0 Å². The second-order valence-corrected chi connectivity index (χ2v) is 5.38. The number of hydrogen-bond donors (Lipinski definition) is 3. The molecule has 0 aliphatic heterocycles. The number of aliphatic hydroxyl groups is 1. The fourth-order valence-corrected chi connectivity index (χ4v) is 1.29. The van der Waals surface area contributed by atoms with Crippen LogP contribution >= 0.6 is 0 Å². The molecule has 4 N–H and O–H groups in total. The van der Waals surface area contributed by atoms with Crippen LogP contribution in [-0.4, -0.2) is 27.7 Å². The summed E-state index contributed by atoms with van der Waals surface area (Å²) >= 11 is 0. The number of nitrogens with one attached hydrogen (secondary N) is 1. The number of nitrogens with zero attached hydrogens (tertiary/aromatic N) is 2. The first-order valence-corrected chi connectivity index (χ1v) is 5.77. The fourth-order valence-electron chi connectivity index (χ4n) is 1.29. The van der Waals surface area contributed by atoms with Gasteiger partial charge in [0.15, 0.2) is 0 Å². The third kappa shape index (κ3) is 3.30. The van der Waals surface area contributed by atoms with Crippen LogP contribution in [0.2, 0.25) is 0 Å². The van der Waals surface area contributed by atoms with Crippen molar-refractivity contribution < 1.29 is 5.11 Å². The molecule has 1 unspecified atom stereocenters. The van der Waals surface area contributed by atoms with Crippen molar-refractivity contribution in [3.63, 3.8) is 0 Å². The van der Waals surface area contributed by atoms with Crippen molar-refractivity contribution in [2.24, 2.45) is 0 Å². The molecular weight excluding hydrogens is 216 g/mol. The van der Waals surface area contributed by atoms with Crippen LogP contribution in [-0.2, 0) is 5.41 Å². The lowest BCUT2D eigenvalue weighted by molar-refractivity contribution is 0.281. The van der Waals surface area contributed by atoms with Crippen LogP contribution in [0.4, 0.5) is 11.6 Å². The van der Waals surface area contributed by atoms with Gasteiger partial charge in [-0.15, -0.1) is 0 Å². The van der Waals surface area contributed by atoms with E-state index in [9.17, 15) is 0 Å². The van der Waals surface area contributed by atoms with Gasteiger partial charge in [-0.05, 0) is 13.8 Å². The first-order valence-electron chi connectivity index (χ1n) is 5.77. The first-order chi connectivity index (χ1) is 7.75. The molecule has 17 heavy (non-hydrogen) atoms. The highest BCUT2D eigenvalue weighted by Gasteiger charge is 2.20. The van der Waals surface area contributed by atoms with Crippen LogP contribution in [0.1, 0.15) is 39.1 Å². The maximum Gasteiger partial charge on any atom is 0.138 e. The van der Waals surface area contributed by atoms with Gasteiger partial charge in [0.25, 0.3) is 0 Å². The maximum absolute atomic E-state index is 9.05.